The van der Waals surface area contributed by atoms with Crippen LogP contribution in [0, 0.1) is 0 Å². The van der Waals surface area contributed by atoms with Gasteiger partial charge in [0.15, 0.2) is 5.66 Å². The third-order valence-electron chi connectivity index (χ3n) is 4.61. The van der Waals surface area contributed by atoms with E-state index < -0.39 is 19.2 Å². The zero-order valence-corrected chi connectivity index (χ0v) is 21.1. The number of hydrogen-bond acceptors (Lipinski definition) is 5. The fourth-order valence-corrected chi connectivity index (χ4v) is 5.00. The van der Waals surface area contributed by atoms with Crippen LogP contribution in [0.3, 0.4) is 0 Å². The summed E-state index contributed by atoms with van der Waals surface area (Å²) in [5.41, 5.74) is 3.14. The zero-order valence-electron chi connectivity index (χ0n) is 20.2. The molecule has 0 saturated heterocycles. The zero-order chi connectivity index (χ0) is 23.0. The molecule has 0 fully saturated rings. The van der Waals surface area contributed by atoms with Crippen LogP contribution in [0.25, 0.3) is 0 Å². The lowest BCUT2D eigenvalue weighted by Crippen LogP contribution is -2.26. The fraction of sp³-hybridized carbons (Fsp3) is 0.708. The van der Waals surface area contributed by atoms with Crippen LogP contribution >= 0.6 is 7.60 Å². The predicted octanol–water partition coefficient (Wildman–Crippen LogP) is 7.38. The van der Waals surface area contributed by atoms with Crippen LogP contribution in [0.5, 0.6) is 0 Å². The van der Waals surface area contributed by atoms with E-state index in [1.807, 2.05) is 0 Å². The van der Waals surface area contributed by atoms with Crippen molar-refractivity contribution in [1.82, 2.24) is 0 Å². The van der Waals surface area contributed by atoms with Gasteiger partial charge in [-0.3, -0.25) is 9.36 Å². The van der Waals surface area contributed by atoms with E-state index >= 15 is 0 Å². The van der Waals surface area contributed by atoms with Gasteiger partial charge in [0.05, 0.1) is 19.8 Å². The molecule has 1 unspecified atom stereocenters. The van der Waals surface area contributed by atoms with Crippen molar-refractivity contribution in [3.8, 4) is 0 Å². The molecule has 0 N–H and O–H groups in total. The third-order valence-corrected chi connectivity index (χ3v) is 7.08. The number of ether oxygens (including phenoxy) is 1. The predicted molar refractivity (Wildman–Crippen MR) is 126 cm³/mol. The van der Waals surface area contributed by atoms with Gasteiger partial charge in [0, 0.05) is 0 Å². The maximum absolute atomic E-state index is 13.1. The lowest BCUT2D eigenvalue weighted by Gasteiger charge is -2.24. The minimum atomic E-state index is -3.55. The van der Waals surface area contributed by atoms with Gasteiger partial charge in [0.25, 0.3) is 0 Å². The lowest BCUT2D eigenvalue weighted by atomic mass is 10.1. The maximum atomic E-state index is 13.1. The molecule has 174 valence electrons. The van der Waals surface area contributed by atoms with E-state index in [9.17, 15) is 9.36 Å². The molecule has 30 heavy (non-hydrogen) atoms. The van der Waals surface area contributed by atoms with Crippen molar-refractivity contribution in [2.75, 3.05) is 19.8 Å². The van der Waals surface area contributed by atoms with E-state index in [4.69, 9.17) is 13.8 Å². The number of carbonyl (C=O) groups excluding carboxylic acids is 1. The Bertz CT molecular complexity index is 620. The molecule has 0 spiro atoms. The molecule has 0 heterocycles. The highest BCUT2D eigenvalue weighted by Crippen LogP contribution is 2.55. The van der Waals surface area contributed by atoms with E-state index in [-0.39, 0.29) is 19.8 Å². The smallest absolute Gasteiger partial charge is 0.344 e. The first-order chi connectivity index (χ1) is 14.2. The normalized spacial score (nSPS) is 13.8. The summed E-state index contributed by atoms with van der Waals surface area (Å²) in [6.45, 7) is 14.4. The molecule has 0 aromatic rings. The van der Waals surface area contributed by atoms with Gasteiger partial charge in [-0.25, -0.2) is 0 Å². The van der Waals surface area contributed by atoms with Crippen LogP contribution in [0.2, 0.25) is 0 Å². The Morgan fingerprint density at radius 2 is 1.30 bits per heavy atom. The average Bonchev–Trinajstić information content (AvgIpc) is 2.65. The molecule has 0 amide bonds. The summed E-state index contributed by atoms with van der Waals surface area (Å²) >= 11 is 0. The molecular formula is C24H43O5P. The second-order valence-corrected chi connectivity index (χ2v) is 9.90. The van der Waals surface area contributed by atoms with E-state index in [0.29, 0.717) is 12.8 Å². The summed E-state index contributed by atoms with van der Waals surface area (Å²) < 4.78 is 29.0. The van der Waals surface area contributed by atoms with Gasteiger partial charge in [-0.15, -0.1) is 0 Å². The van der Waals surface area contributed by atoms with E-state index in [1.165, 1.54) is 16.7 Å². The summed E-state index contributed by atoms with van der Waals surface area (Å²) in [6.07, 6.45) is 11.9. The average molecular weight is 443 g/mol. The number of allylic oxidation sites excluding steroid dienone is 6. The number of rotatable bonds is 16. The lowest BCUT2D eigenvalue weighted by molar-refractivity contribution is -0.143. The summed E-state index contributed by atoms with van der Waals surface area (Å²) in [5.74, 6) is -0.510. The van der Waals surface area contributed by atoms with Gasteiger partial charge in [-0.1, -0.05) is 34.9 Å². The second kappa shape index (κ2) is 16.5. The van der Waals surface area contributed by atoms with Gasteiger partial charge < -0.3 is 13.8 Å². The first kappa shape index (κ1) is 28.8. The van der Waals surface area contributed by atoms with Crippen molar-refractivity contribution < 1.29 is 23.1 Å². The quantitative estimate of drug-likeness (QED) is 0.142. The van der Waals surface area contributed by atoms with Crippen LogP contribution in [-0.2, 0) is 23.1 Å². The summed E-state index contributed by atoms with van der Waals surface area (Å²) in [4.78, 5) is 12.4. The Balaban J connectivity index is 4.83. The van der Waals surface area contributed by atoms with Crippen LogP contribution in [0.4, 0.5) is 0 Å². The summed E-state index contributed by atoms with van der Waals surface area (Å²) in [7, 11) is -3.55. The molecule has 0 radical (unpaired) electrons. The largest absolute Gasteiger partial charge is 0.465 e. The van der Waals surface area contributed by atoms with Gasteiger partial charge in [0.2, 0.25) is 0 Å². The molecule has 0 bridgehead atoms. The highest BCUT2D eigenvalue weighted by atomic mass is 31.2. The Labute approximate surface area is 184 Å². The monoisotopic (exact) mass is 442 g/mol. The van der Waals surface area contributed by atoms with E-state index in [2.05, 4.69) is 45.9 Å². The first-order valence-corrected chi connectivity index (χ1v) is 12.8. The van der Waals surface area contributed by atoms with E-state index in [0.717, 1.165) is 25.7 Å². The van der Waals surface area contributed by atoms with Crippen molar-refractivity contribution in [3.05, 3.63) is 34.9 Å². The molecule has 0 aromatic heterocycles. The van der Waals surface area contributed by atoms with Crippen LogP contribution in [-0.4, -0.2) is 31.4 Å². The molecule has 1 atom stereocenters. The van der Waals surface area contributed by atoms with Crippen molar-refractivity contribution >= 4 is 13.6 Å². The summed E-state index contributed by atoms with van der Waals surface area (Å²) in [5, 5.41) is 0. The Morgan fingerprint density at radius 3 is 1.77 bits per heavy atom. The highest BCUT2D eigenvalue weighted by Gasteiger charge is 2.41. The molecule has 0 aliphatic carbocycles. The fourth-order valence-electron chi connectivity index (χ4n) is 3.05. The Kier molecular flexibility index (Phi) is 15.9. The minimum absolute atomic E-state index is 0.224. The highest BCUT2D eigenvalue weighted by molar-refractivity contribution is 7.55. The molecule has 0 aromatic carbocycles. The maximum Gasteiger partial charge on any atom is 0.344 e. The molecule has 6 heteroatoms. The van der Waals surface area contributed by atoms with Crippen molar-refractivity contribution in [1.29, 1.82) is 0 Å². The Hall–Kier alpha value is -1.16. The van der Waals surface area contributed by atoms with Crippen molar-refractivity contribution in [3.63, 3.8) is 0 Å². The van der Waals surface area contributed by atoms with Gasteiger partial charge in [-0.05, 0) is 87.0 Å². The third kappa shape index (κ3) is 12.5. The van der Waals surface area contributed by atoms with Crippen LogP contribution < -0.4 is 0 Å². The number of carbonyl (C=O) groups is 1. The number of hydrogen-bond donors (Lipinski definition) is 0. The van der Waals surface area contributed by atoms with Crippen molar-refractivity contribution in [2.45, 2.75) is 92.7 Å². The molecule has 5 nitrogen and oxygen atoms in total. The van der Waals surface area contributed by atoms with Crippen LogP contribution in [0.15, 0.2) is 34.9 Å². The molecule has 0 saturated carbocycles. The standard InChI is InChI=1S/C24H43O5P/c1-8-27-24(25)23(30(26,28-9-2)29-10-3)19-13-18-22(7)17-12-16-21(6)15-11-14-20(4)5/h14,16,18,23H,8-13,15,17,19H2,1-7H3/b21-16+,22-18+. The second-order valence-electron chi connectivity index (χ2n) is 7.68. The van der Waals surface area contributed by atoms with Crippen molar-refractivity contribution in [2.24, 2.45) is 0 Å². The number of esters is 1. The molecule has 0 rings (SSSR count). The molecular weight excluding hydrogens is 399 g/mol. The topological polar surface area (TPSA) is 61.8 Å². The minimum Gasteiger partial charge on any atom is -0.465 e. The van der Waals surface area contributed by atoms with Gasteiger partial charge >= 0.3 is 13.6 Å². The SMILES string of the molecule is CCOC(=O)C(CC/C=C(\C)CC/C=C(\C)CCC=C(C)C)P(=O)(OCC)OCC. The summed E-state index contributed by atoms with van der Waals surface area (Å²) in [6, 6.07) is 0. The van der Waals surface area contributed by atoms with Gasteiger partial charge in [0.1, 0.15) is 0 Å². The molecule has 0 aliphatic heterocycles. The van der Waals surface area contributed by atoms with Gasteiger partial charge in [-0.2, -0.15) is 0 Å². The first-order valence-electron chi connectivity index (χ1n) is 11.2. The Morgan fingerprint density at radius 1 is 0.800 bits per heavy atom. The van der Waals surface area contributed by atoms with Crippen LogP contribution in [0.1, 0.15) is 87.0 Å². The molecule has 0 aliphatic rings. The van der Waals surface area contributed by atoms with E-state index in [1.54, 1.807) is 20.8 Å².